The molecule has 1 saturated carbocycles. The van der Waals surface area contributed by atoms with Crippen molar-refractivity contribution in [2.45, 2.75) is 26.2 Å². The van der Waals surface area contributed by atoms with E-state index in [1.54, 1.807) is 6.07 Å². The molecule has 0 spiro atoms. The van der Waals surface area contributed by atoms with E-state index in [4.69, 9.17) is 5.73 Å². The topological polar surface area (TPSA) is 81.2 Å². The van der Waals surface area contributed by atoms with Crippen molar-refractivity contribution < 1.29 is 4.92 Å². The van der Waals surface area contributed by atoms with Gasteiger partial charge in [-0.3, -0.25) is 10.1 Å². The molecule has 1 aromatic rings. The Morgan fingerprint density at radius 1 is 1.50 bits per heavy atom. The van der Waals surface area contributed by atoms with Crippen LogP contribution in [0.2, 0.25) is 0 Å². The minimum atomic E-state index is -0.432. The van der Waals surface area contributed by atoms with Gasteiger partial charge >= 0.3 is 0 Å². The Kier molecular flexibility index (Phi) is 3.69. The first-order valence-electron chi connectivity index (χ1n) is 6.34. The van der Waals surface area contributed by atoms with Crippen molar-refractivity contribution in [2.24, 2.45) is 11.8 Å². The van der Waals surface area contributed by atoms with Crippen LogP contribution in [0.4, 0.5) is 17.1 Å². The predicted octanol–water partition coefficient (Wildman–Crippen LogP) is 3.03. The molecule has 98 valence electrons. The van der Waals surface area contributed by atoms with E-state index < -0.39 is 4.92 Å². The summed E-state index contributed by atoms with van der Waals surface area (Å²) < 4.78 is 0. The van der Waals surface area contributed by atoms with Gasteiger partial charge in [-0.25, -0.2) is 0 Å². The van der Waals surface area contributed by atoms with Crippen molar-refractivity contribution in [3.8, 4) is 0 Å². The number of benzene rings is 1. The number of hydrogen-bond donors (Lipinski definition) is 2. The molecule has 1 fully saturated rings. The van der Waals surface area contributed by atoms with Crippen LogP contribution in [0.25, 0.3) is 0 Å². The summed E-state index contributed by atoms with van der Waals surface area (Å²) in [4.78, 5) is 10.2. The molecule has 0 heterocycles. The van der Waals surface area contributed by atoms with Gasteiger partial charge in [0.05, 0.1) is 16.3 Å². The molecule has 2 unspecified atom stereocenters. The Hall–Kier alpha value is -1.78. The summed E-state index contributed by atoms with van der Waals surface area (Å²) in [5, 5.41) is 13.9. The fourth-order valence-electron chi connectivity index (χ4n) is 2.59. The molecule has 5 nitrogen and oxygen atoms in total. The molecule has 0 bridgehead atoms. The first-order valence-corrected chi connectivity index (χ1v) is 6.34. The Morgan fingerprint density at radius 3 is 2.83 bits per heavy atom. The maximum absolute atomic E-state index is 10.6. The summed E-state index contributed by atoms with van der Waals surface area (Å²) in [5.74, 6) is 1.50. The van der Waals surface area contributed by atoms with Crippen LogP contribution in [-0.4, -0.2) is 11.5 Å². The second-order valence-electron chi connectivity index (χ2n) is 5.19. The zero-order chi connectivity index (χ0) is 13.1. The first kappa shape index (κ1) is 12.7. The fraction of sp³-hybridized carbons (Fsp3) is 0.538. The van der Waals surface area contributed by atoms with Crippen LogP contribution in [0.5, 0.6) is 0 Å². The number of rotatable bonds is 4. The highest BCUT2D eigenvalue weighted by atomic mass is 16.6. The van der Waals surface area contributed by atoms with Crippen LogP contribution in [-0.2, 0) is 0 Å². The minimum Gasteiger partial charge on any atom is -0.397 e. The molecule has 5 heteroatoms. The standard InChI is InChI=1S/C13H19N3O2/c1-9-2-3-10(6-9)8-15-13-5-4-11(16(17)18)7-12(13)14/h4-5,7,9-10,15H,2-3,6,8,14H2,1H3. The monoisotopic (exact) mass is 249 g/mol. The van der Waals surface area contributed by atoms with E-state index in [2.05, 4.69) is 12.2 Å². The number of nitrogens with zero attached hydrogens (tertiary/aromatic N) is 1. The number of nitrogens with one attached hydrogen (secondary N) is 1. The van der Waals surface area contributed by atoms with Gasteiger partial charge in [-0.05, 0) is 30.7 Å². The Balaban J connectivity index is 1.95. The van der Waals surface area contributed by atoms with E-state index in [-0.39, 0.29) is 5.69 Å². The van der Waals surface area contributed by atoms with E-state index in [0.29, 0.717) is 11.6 Å². The lowest BCUT2D eigenvalue weighted by atomic mass is 10.1. The molecule has 18 heavy (non-hydrogen) atoms. The van der Waals surface area contributed by atoms with Crippen molar-refractivity contribution in [2.75, 3.05) is 17.6 Å². The average molecular weight is 249 g/mol. The highest BCUT2D eigenvalue weighted by Gasteiger charge is 2.21. The molecular formula is C13H19N3O2. The molecule has 0 saturated heterocycles. The lowest BCUT2D eigenvalue weighted by molar-refractivity contribution is -0.384. The Bertz CT molecular complexity index is 448. The molecule has 1 aliphatic carbocycles. The third-order valence-corrected chi connectivity index (χ3v) is 3.63. The van der Waals surface area contributed by atoms with Gasteiger partial charge in [0.1, 0.15) is 0 Å². The maximum Gasteiger partial charge on any atom is 0.271 e. The average Bonchev–Trinajstić information content (AvgIpc) is 2.73. The third kappa shape index (κ3) is 2.91. The number of nitrogens with two attached hydrogens (primary N) is 1. The van der Waals surface area contributed by atoms with Crippen LogP contribution in [0.15, 0.2) is 18.2 Å². The van der Waals surface area contributed by atoms with Gasteiger partial charge in [0.2, 0.25) is 0 Å². The molecule has 2 atom stereocenters. The lowest BCUT2D eigenvalue weighted by Crippen LogP contribution is -2.12. The quantitative estimate of drug-likeness (QED) is 0.488. The van der Waals surface area contributed by atoms with E-state index >= 15 is 0 Å². The van der Waals surface area contributed by atoms with E-state index in [9.17, 15) is 10.1 Å². The highest BCUT2D eigenvalue weighted by molar-refractivity contribution is 5.69. The number of nitrogen functional groups attached to an aromatic ring is 1. The first-order chi connectivity index (χ1) is 8.56. The SMILES string of the molecule is CC1CCC(CNc2ccc([N+](=O)[O-])cc2N)C1. The fourth-order valence-corrected chi connectivity index (χ4v) is 2.59. The minimum absolute atomic E-state index is 0.0348. The van der Waals surface area contributed by atoms with Gasteiger partial charge in [-0.1, -0.05) is 13.3 Å². The van der Waals surface area contributed by atoms with Crippen LogP contribution >= 0.6 is 0 Å². The van der Waals surface area contributed by atoms with Crippen molar-refractivity contribution in [3.05, 3.63) is 28.3 Å². The summed E-state index contributed by atoms with van der Waals surface area (Å²) in [6.07, 6.45) is 3.79. The molecule has 1 aromatic carbocycles. The maximum atomic E-state index is 10.6. The van der Waals surface area contributed by atoms with E-state index in [0.717, 1.165) is 18.2 Å². The normalized spacial score (nSPS) is 22.9. The predicted molar refractivity (Wildman–Crippen MR) is 72.5 cm³/mol. The van der Waals surface area contributed by atoms with Gasteiger partial charge in [-0.15, -0.1) is 0 Å². The second-order valence-corrected chi connectivity index (χ2v) is 5.19. The summed E-state index contributed by atoms with van der Waals surface area (Å²) in [6, 6.07) is 4.57. The number of non-ortho nitro benzene ring substituents is 1. The molecule has 0 aromatic heterocycles. The van der Waals surface area contributed by atoms with Crippen LogP contribution in [0, 0.1) is 22.0 Å². The Morgan fingerprint density at radius 2 is 2.28 bits per heavy atom. The van der Waals surface area contributed by atoms with Crippen molar-refractivity contribution >= 4 is 17.1 Å². The number of nitro groups is 1. The number of hydrogen-bond acceptors (Lipinski definition) is 4. The molecular weight excluding hydrogens is 230 g/mol. The zero-order valence-corrected chi connectivity index (χ0v) is 10.6. The smallest absolute Gasteiger partial charge is 0.271 e. The van der Waals surface area contributed by atoms with Gasteiger partial charge in [-0.2, -0.15) is 0 Å². The van der Waals surface area contributed by atoms with Gasteiger partial charge in [0.25, 0.3) is 5.69 Å². The summed E-state index contributed by atoms with van der Waals surface area (Å²) in [5.41, 5.74) is 7.07. The highest BCUT2D eigenvalue weighted by Crippen LogP contribution is 2.31. The van der Waals surface area contributed by atoms with Gasteiger partial charge in [0, 0.05) is 18.7 Å². The Labute approximate surface area is 107 Å². The molecule has 1 aliphatic rings. The largest absolute Gasteiger partial charge is 0.397 e. The molecule has 0 radical (unpaired) electrons. The summed E-state index contributed by atoms with van der Waals surface area (Å²) in [6.45, 7) is 3.17. The second kappa shape index (κ2) is 5.25. The molecule has 2 rings (SSSR count). The van der Waals surface area contributed by atoms with Crippen molar-refractivity contribution in [1.82, 2.24) is 0 Å². The van der Waals surface area contributed by atoms with E-state index in [1.165, 1.54) is 31.4 Å². The van der Waals surface area contributed by atoms with Gasteiger partial charge in [0.15, 0.2) is 0 Å². The van der Waals surface area contributed by atoms with Crippen molar-refractivity contribution in [3.63, 3.8) is 0 Å². The van der Waals surface area contributed by atoms with Crippen LogP contribution < -0.4 is 11.1 Å². The molecule has 0 amide bonds. The molecule has 0 aliphatic heterocycles. The number of anilines is 2. The van der Waals surface area contributed by atoms with E-state index in [1.807, 2.05) is 0 Å². The van der Waals surface area contributed by atoms with Gasteiger partial charge < -0.3 is 11.1 Å². The molecule has 3 N–H and O–H groups in total. The van der Waals surface area contributed by atoms with Crippen molar-refractivity contribution in [1.29, 1.82) is 0 Å². The zero-order valence-electron chi connectivity index (χ0n) is 10.6. The summed E-state index contributed by atoms with van der Waals surface area (Å²) >= 11 is 0. The number of nitro benzene ring substituents is 1. The van der Waals surface area contributed by atoms with Crippen LogP contribution in [0.1, 0.15) is 26.2 Å². The lowest BCUT2D eigenvalue weighted by Gasteiger charge is -2.13. The third-order valence-electron chi connectivity index (χ3n) is 3.63. The summed E-state index contributed by atoms with van der Waals surface area (Å²) in [7, 11) is 0. The van der Waals surface area contributed by atoms with Crippen LogP contribution in [0.3, 0.4) is 0 Å².